The maximum atomic E-state index is 11.5. The van der Waals surface area contributed by atoms with E-state index in [0.717, 1.165) is 12.8 Å². The van der Waals surface area contributed by atoms with Crippen molar-refractivity contribution in [3.05, 3.63) is 16.6 Å². The normalized spacial score (nSPS) is 17.1. The van der Waals surface area contributed by atoms with Gasteiger partial charge in [0, 0.05) is 5.38 Å². The lowest BCUT2D eigenvalue weighted by Gasteiger charge is -2.08. The molecule has 14 heavy (non-hydrogen) atoms. The SMILES string of the molecule is N#CC(NC(=O)c1cscn1)C1CC1. The smallest absolute Gasteiger partial charge is 0.271 e. The maximum Gasteiger partial charge on any atom is 0.271 e. The van der Waals surface area contributed by atoms with E-state index >= 15 is 0 Å². The Bertz CT molecular complexity index is 364. The molecule has 1 amide bonds. The highest BCUT2D eigenvalue weighted by atomic mass is 32.1. The van der Waals surface area contributed by atoms with Gasteiger partial charge in [0.1, 0.15) is 11.7 Å². The van der Waals surface area contributed by atoms with Gasteiger partial charge in [0.25, 0.3) is 5.91 Å². The first kappa shape index (κ1) is 9.16. The number of rotatable bonds is 3. The van der Waals surface area contributed by atoms with Crippen molar-refractivity contribution >= 4 is 17.2 Å². The molecule has 0 bridgehead atoms. The standard InChI is InChI=1S/C9H9N3OS/c10-3-7(6-1-2-6)12-9(13)8-4-14-5-11-8/h4-7H,1-2H2,(H,12,13). The third kappa shape index (κ3) is 1.91. The molecule has 1 N–H and O–H groups in total. The lowest BCUT2D eigenvalue weighted by atomic mass is 10.2. The van der Waals surface area contributed by atoms with Gasteiger partial charge in [-0.15, -0.1) is 11.3 Å². The number of amides is 1. The molecule has 1 heterocycles. The van der Waals surface area contributed by atoms with Crippen LogP contribution >= 0.6 is 11.3 Å². The second-order valence-corrected chi connectivity index (χ2v) is 4.01. The Morgan fingerprint density at radius 1 is 1.79 bits per heavy atom. The van der Waals surface area contributed by atoms with Crippen LogP contribution in [0.25, 0.3) is 0 Å². The van der Waals surface area contributed by atoms with E-state index in [0.29, 0.717) is 11.6 Å². The quantitative estimate of drug-likeness (QED) is 0.809. The van der Waals surface area contributed by atoms with Crippen LogP contribution in [-0.2, 0) is 0 Å². The monoisotopic (exact) mass is 207 g/mol. The van der Waals surface area contributed by atoms with E-state index in [2.05, 4.69) is 16.4 Å². The van der Waals surface area contributed by atoms with Crippen LogP contribution in [0.3, 0.4) is 0 Å². The van der Waals surface area contributed by atoms with E-state index in [1.165, 1.54) is 11.3 Å². The summed E-state index contributed by atoms with van der Waals surface area (Å²) in [6, 6.07) is 1.76. The van der Waals surface area contributed by atoms with Crippen molar-refractivity contribution in [3.63, 3.8) is 0 Å². The van der Waals surface area contributed by atoms with E-state index in [1.807, 2.05) is 0 Å². The van der Waals surface area contributed by atoms with Gasteiger partial charge in [0.2, 0.25) is 0 Å². The molecule has 0 spiro atoms. The Balaban J connectivity index is 1.97. The van der Waals surface area contributed by atoms with Crippen LogP contribution in [0.4, 0.5) is 0 Å². The summed E-state index contributed by atoms with van der Waals surface area (Å²) < 4.78 is 0. The van der Waals surface area contributed by atoms with E-state index in [1.54, 1.807) is 10.9 Å². The first-order valence-corrected chi connectivity index (χ1v) is 5.34. The molecule has 1 aliphatic rings. The zero-order valence-corrected chi connectivity index (χ0v) is 8.25. The van der Waals surface area contributed by atoms with Crippen LogP contribution in [0, 0.1) is 17.2 Å². The first-order chi connectivity index (χ1) is 6.81. The minimum atomic E-state index is -0.343. The fourth-order valence-electron chi connectivity index (χ4n) is 1.22. The maximum absolute atomic E-state index is 11.5. The van der Waals surface area contributed by atoms with E-state index in [9.17, 15) is 4.79 Å². The largest absolute Gasteiger partial charge is 0.335 e. The summed E-state index contributed by atoms with van der Waals surface area (Å²) in [4.78, 5) is 15.4. The lowest BCUT2D eigenvalue weighted by molar-refractivity contribution is 0.0937. The number of carbonyl (C=O) groups excluding carboxylic acids is 1. The number of nitrogens with one attached hydrogen (secondary N) is 1. The second-order valence-electron chi connectivity index (χ2n) is 3.29. The van der Waals surface area contributed by atoms with Crippen LogP contribution in [-0.4, -0.2) is 16.9 Å². The summed E-state index contributed by atoms with van der Waals surface area (Å²) in [7, 11) is 0. The molecule has 1 saturated carbocycles. The molecule has 1 fully saturated rings. The number of hydrogen-bond donors (Lipinski definition) is 1. The van der Waals surface area contributed by atoms with Crippen molar-refractivity contribution < 1.29 is 4.79 Å². The van der Waals surface area contributed by atoms with Gasteiger partial charge in [-0.1, -0.05) is 0 Å². The van der Waals surface area contributed by atoms with Crippen LogP contribution in [0.1, 0.15) is 23.3 Å². The molecule has 1 aromatic rings. The van der Waals surface area contributed by atoms with Crippen molar-refractivity contribution in [1.29, 1.82) is 5.26 Å². The van der Waals surface area contributed by atoms with Crippen LogP contribution in [0.2, 0.25) is 0 Å². The van der Waals surface area contributed by atoms with Crippen molar-refractivity contribution in [1.82, 2.24) is 10.3 Å². The number of thiazole rings is 1. The molecule has 0 aliphatic heterocycles. The second kappa shape index (κ2) is 3.76. The molecule has 0 radical (unpaired) electrons. The minimum Gasteiger partial charge on any atom is -0.335 e. The van der Waals surface area contributed by atoms with Gasteiger partial charge in [-0.3, -0.25) is 4.79 Å². The number of nitrogens with zero attached hydrogens (tertiary/aromatic N) is 2. The van der Waals surface area contributed by atoms with Crippen LogP contribution in [0.15, 0.2) is 10.9 Å². The average molecular weight is 207 g/mol. The van der Waals surface area contributed by atoms with Crippen molar-refractivity contribution in [2.24, 2.45) is 5.92 Å². The zero-order chi connectivity index (χ0) is 9.97. The van der Waals surface area contributed by atoms with E-state index < -0.39 is 0 Å². The highest BCUT2D eigenvalue weighted by Crippen LogP contribution is 2.32. The Morgan fingerprint density at radius 2 is 2.57 bits per heavy atom. The molecule has 0 aromatic carbocycles. The summed E-state index contributed by atoms with van der Waals surface area (Å²) in [6.45, 7) is 0. The summed E-state index contributed by atoms with van der Waals surface area (Å²) in [5.74, 6) is 0.104. The van der Waals surface area contributed by atoms with Crippen molar-refractivity contribution in [2.75, 3.05) is 0 Å². The van der Waals surface area contributed by atoms with E-state index in [4.69, 9.17) is 5.26 Å². The van der Waals surface area contributed by atoms with Gasteiger partial charge in [-0.2, -0.15) is 5.26 Å². The topological polar surface area (TPSA) is 65.8 Å². The third-order valence-electron chi connectivity index (χ3n) is 2.18. The summed E-state index contributed by atoms with van der Waals surface area (Å²) >= 11 is 1.37. The Kier molecular flexibility index (Phi) is 2.46. The van der Waals surface area contributed by atoms with E-state index in [-0.39, 0.29) is 11.9 Å². The molecule has 1 aromatic heterocycles. The van der Waals surface area contributed by atoms with Crippen molar-refractivity contribution in [2.45, 2.75) is 18.9 Å². The van der Waals surface area contributed by atoms with Gasteiger partial charge in [-0.05, 0) is 18.8 Å². The number of hydrogen-bond acceptors (Lipinski definition) is 4. The number of aromatic nitrogens is 1. The Hall–Kier alpha value is -1.41. The first-order valence-electron chi connectivity index (χ1n) is 4.40. The van der Waals surface area contributed by atoms with Crippen LogP contribution in [0.5, 0.6) is 0 Å². The fraction of sp³-hybridized carbons (Fsp3) is 0.444. The number of carbonyl (C=O) groups is 1. The molecule has 1 unspecified atom stereocenters. The summed E-state index contributed by atoms with van der Waals surface area (Å²) in [5.41, 5.74) is 2.00. The minimum absolute atomic E-state index is 0.246. The predicted octanol–water partition coefficient (Wildman–Crippen LogP) is 1.18. The molecular weight excluding hydrogens is 198 g/mol. The highest BCUT2D eigenvalue weighted by molar-refractivity contribution is 7.07. The predicted molar refractivity (Wildman–Crippen MR) is 51.7 cm³/mol. The van der Waals surface area contributed by atoms with Gasteiger partial charge >= 0.3 is 0 Å². The highest BCUT2D eigenvalue weighted by Gasteiger charge is 2.32. The van der Waals surface area contributed by atoms with Gasteiger partial charge in [0.05, 0.1) is 11.6 Å². The Morgan fingerprint density at radius 3 is 3.07 bits per heavy atom. The lowest BCUT2D eigenvalue weighted by Crippen LogP contribution is -2.35. The molecule has 2 rings (SSSR count). The van der Waals surface area contributed by atoms with Crippen LogP contribution < -0.4 is 5.32 Å². The summed E-state index contributed by atoms with van der Waals surface area (Å²) in [6.07, 6.45) is 2.07. The zero-order valence-electron chi connectivity index (χ0n) is 7.43. The summed E-state index contributed by atoms with van der Waals surface area (Å²) in [5, 5.41) is 13.2. The molecular formula is C9H9N3OS. The molecule has 1 atom stereocenters. The molecule has 4 nitrogen and oxygen atoms in total. The van der Waals surface area contributed by atoms with Gasteiger partial charge in [0.15, 0.2) is 0 Å². The number of nitriles is 1. The average Bonchev–Trinajstić information content (AvgIpc) is 2.88. The van der Waals surface area contributed by atoms with Gasteiger partial charge < -0.3 is 5.32 Å². The molecule has 5 heteroatoms. The van der Waals surface area contributed by atoms with Crippen molar-refractivity contribution in [3.8, 4) is 6.07 Å². The molecule has 1 aliphatic carbocycles. The molecule has 0 saturated heterocycles. The third-order valence-corrected chi connectivity index (χ3v) is 2.77. The molecule has 72 valence electrons. The Labute approximate surface area is 85.6 Å². The van der Waals surface area contributed by atoms with Gasteiger partial charge in [-0.25, -0.2) is 4.98 Å². The fourth-order valence-corrected chi connectivity index (χ4v) is 1.76.